The second-order valence-corrected chi connectivity index (χ2v) is 12.7. The van der Waals surface area contributed by atoms with Gasteiger partial charge in [-0.2, -0.15) is 0 Å². The maximum Gasteiger partial charge on any atom is 0.244 e. The van der Waals surface area contributed by atoms with E-state index in [-0.39, 0.29) is 24.9 Å². The second-order valence-electron chi connectivity index (χ2n) is 10.4. The SMILES string of the molecule is Cc1ccc(N(CC(=O)N(Cc2ccccc2Cl)[C@@H](Cc2ccccc2)C(=O)NC2CCCC2)S(C)(=O)=O)cc1. The Morgan fingerprint density at radius 2 is 1.57 bits per heavy atom. The Bertz CT molecular complexity index is 1410. The van der Waals surface area contributed by atoms with Gasteiger partial charge in [-0.05, 0) is 49.1 Å². The van der Waals surface area contributed by atoms with E-state index in [9.17, 15) is 18.0 Å². The zero-order valence-corrected chi connectivity index (χ0v) is 24.5. The van der Waals surface area contributed by atoms with Crippen LogP contribution in [0.2, 0.25) is 5.02 Å². The molecule has 0 radical (unpaired) electrons. The zero-order valence-electron chi connectivity index (χ0n) is 22.9. The number of hydrogen-bond donors (Lipinski definition) is 1. The number of sulfonamides is 1. The van der Waals surface area contributed by atoms with Crippen LogP contribution in [0.15, 0.2) is 78.9 Å². The summed E-state index contributed by atoms with van der Waals surface area (Å²) in [6.07, 6.45) is 5.26. The van der Waals surface area contributed by atoms with Gasteiger partial charge in [-0.25, -0.2) is 8.42 Å². The van der Waals surface area contributed by atoms with Gasteiger partial charge in [-0.1, -0.05) is 90.7 Å². The van der Waals surface area contributed by atoms with Crippen molar-refractivity contribution in [2.45, 2.75) is 57.7 Å². The molecule has 0 bridgehead atoms. The summed E-state index contributed by atoms with van der Waals surface area (Å²) in [7, 11) is -3.80. The predicted molar refractivity (Wildman–Crippen MR) is 160 cm³/mol. The van der Waals surface area contributed by atoms with Crippen LogP contribution in [-0.4, -0.2) is 50.0 Å². The summed E-state index contributed by atoms with van der Waals surface area (Å²) in [5.74, 6) is -0.745. The van der Waals surface area contributed by atoms with Crippen LogP contribution in [0, 0.1) is 6.92 Å². The van der Waals surface area contributed by atoms with Gasteiger partial charge in [-0.3, -0.25) is 13.9 Å². The van der Waals surface area contributed by atoms with Gasteiger partial charge in [0, 0.05) is 24.0 Å². The first-order valence-corrected chi connectivity index (χ1v) is 15.8. The van der Waals surface area contributed by atoms with Gasteiger partial charge >= 0.3 is 0 Å². The molecular weight excluding hydrogens is 546 g/mol. The van der Waals surface area contributed by atoms with E-state index < -0.39 is 28.5 Å². The molecule has 3 aromatic rings. The van der Waals surface area contributed by atoms with Crippen molar-refractivity contribution in [1.29, 1.82) is 0 Å². The van der Waals surface area contributed by atoms with Crippen LogP contribution in [0.3, 0.4) is 0 Å². The number of halogens is 1. The monoisotopic (exact) mass is 581 g/mol. The van der Waals surface area contributed by atoms with E-state index in [2.05, 4.69) is 5.32 Å². The molecule has 0 heterocycles. The number of aryl methyl sites for hydroxylation is 1. The topological polar surface area (TPSA) is 86.8 Å². The Labute approximate surface area is 242 Å². The quantitative estimate of drug-likeness (QED) is 0.341. The highest BCUT2D eigenvalue weighted by molar-refractivity contribution is 7.92. The van der Waals surface area contributed by atoms with Crippen LogP contribution in [0.1, 0.15) is 42.4 Å². The molecule has 7 nitrogen and oxygen atoms in total. The average Bonchev–Trinajstić information content (AvgIpc) is 3.44. The van der Waals surface area contributed by atoms with Crippen molar-refractivity contribution < 1.29 is 18.0 Å². The van der Waals surface area contributed by atoms with E-state index in [1.807, 2.05) is 49.4 Å². The van der Waals surface area contributed by atoms with Gasteiger partial charge in [0.05, 0.1) is 11.9 Å². The molecule has 0 spiro atoms. The van der Waals surface area contributed by atoms with Crippen LogP contribution >= 0.6 is 11.6 Å². The first kappa shape index (κ1) is 29.6. The van der Waals surface area contributed by atoms with Crippen molar-refractivity contribution in [2.24, 2.45) is 0 Å². The van der Waals surface area contributed by atoms with Crippen LogP contribution in [0.4, 0.5) is 5.69 Å². The first-order chi connectivity index (χ1) is 19.1. The van der Waals surface area contributed by atoms with E-state index in [0.29, 0.717) is 16.3 Å². The predicted octanol–water partition coefficient (Wildman–Crippen LogP) is 5.11. The molecule has 0 unspecified atom stereocenters. The fraction of sp³-hybridized carbons (Fsp3) is 0.355. The summed E-state index contributed by atoms with van der Waals surface area (Å²) < 4.78 is 26.8. The lowest BCUT2D eigenvalue weighted by Crippen LogP contribution is -2.54. The largest absolute Gasteiger partial charge is 0.352 e. The summed E-state index contributed by atoms with van der Waals surface area (Å²) >= 11 is 6.50. The first-order valence-electron chi connectivity index (χ1n) is 13.5. The highest BCUT2D eigenvalue weighted by Gasteiger charge is 2.34. The summed E-state index contributed by atoms with van der Waals surface area (Å²) in [6.45, 7) is 1.51. The minimum Gasteiger partial charge on any atom is -0.352 e. The second kappa shape index (κ2) is 13.3. The van der Waals surface area contributed by atoms with E-state index in [1.165, 1.54) is 4.90 Å². The third kappa shape index (κ3) is 7.86. The molecule has 4 rings (SSSR count). The molecule has 1 aliphatic rings. The molecule has 9 heteroatoms. The van der Waals surface area contributed by atoms with Crippen LogP contribution in [-0.2, 0) is 32.6 Å². The Hall–Kier alpha value is -3.36. The molecule has 2 amide bonds. The number of benzene rings is 3. The Morgan fingerprint density at radius 3 is 2.20 bits per heavy atom. The van der Waals surface area contributed by atoms with Gasteiger partial charge < -0.3 is 10.2 Å². The third-order valence-corrected chi connectivity index (χ3v) is 8.78. The van der Waals surface area contributed by atoms with Crippen molar-refractivity contribution in [1.82, 2.24) is 10.2 Å². The maximum atomic E-state index is 14.1. The molecule has 0 aliphatic heterocycles. The summed E-state index contributed by atoms with van der Waals surface area (Å²) in [5, 5.41) is 3.62. The fourth-order valence-corrected chi connectivity index (χ4v) is 6.10. The average molecular weight is 582 g/mol. The molecule has 1 saturated carbocycles. The van der Waals surface area contributed by atoms with Crippen LogP contribution in [0.25, 0.3) is 0 Å². The number of amides is 2. The maximum absolute atomic E-state index is 14.1. The molecule has 1 fully saturated rings. The number of nitrogens with one attached hydrogen (secondary N) is 1. The minimum atomic E-state index is -3.80. The lowest BCUT2D eigenvalue weighted by Gasteiger charge is -2.34. The molecule has 3 aromatic carbocycles. The van der Waals surface area contributed by atoms with Crippen LogP contribution in [0.5, 0.6) is 0 Å². The standard InChI is InChI=1S/C31H36ClN3O4S/c1-23-16-18-27(19-17-23)35(40(2,38)39)22-30(36)34(21-25-12-6-9-15-28(25)32)29(20-24-10-4-3-5-11-24)31(37)33-26-13-7-8-14-26/h3-6,9-12,15-19,26,29H,7-8,13-14,20-22H2,1-2H3,(H,33,37)/t29-/m0/s1. The van der Waals surface area contributed by atoms with Gasteiger partial charge in [0.2, 0.25) is 21.8 Å². The Balaban J connectivity index is 1.72. The smallest absolute Gasteiger partial charge is 0.244 e. The number of carbonyl (C=O) groups excluding carboxylic acids is 2. The number of hydrogen-bond acceptors (Lipinski definition) is 4. The van der Waals surface area contributed by atoms with Crippen molar-refractivity contribution in [3.63, 3.8) is 0 Å². The van der Waals surface area contributed by atoms with Gasteiger partial charge in [0.15, 0.2) is 0 Å². The number of rotatable bonds is 11. The Morgan fingerprint density at radius 1 is 0.950 bits per heavy atom. The normalized spacial score (nSPS) is 14.5. The van der Waals surface area contributed by atoms with Gasteiger partial charge in [-0.15, -0.1) is 0 Å². The molecule has 1 aliphatic carbocycles. The van der Waals surface area contributed by atoms with Crippen LogP contribution < -0.4 is 9.62 Å². The molecule has 0 saturated heterocycles. The molecule has 212 valence electrons. The van der Waals surface area contributed by atoms with Crippen molar-refractivity contribution in [3.8, 4) is 0 Å². The summed E-state index contributed by atoms with van der Waals surface area (Å²) in [4.78, 5) is 29.4. The lowest BCUT2D eigenvalue weighted by molar-refractivity contribution is -0.140. The highest BCUT2D eigenvalue weighted by atomic mass is 35.5. The van der Waals surface area contributed by atoms with Crippen molar-refractivity contribution in [3.05, 3.63) is 101 Å². The Kier molecular flexibility index (Phi) is 9.87. The third-order valence-electron chi connectivity index (χ3n) is 7.27. The summed E-state index contributed by atoms with van der Waals surface area (Å²) in [5.41, 5.74) is 2.92. The van der Waals surface area contributed by atoms with Gasteiger partial charge in [0.25, 0.3) is 0 Å². The highest BCUT2D eigenvalue weighted by Crippen LogP contribution is 2.24. The van der Waals surface area contributed by atoms with E-state index in [0.717, 1.165) is 47.4 Å². The zero-order chi connectivity index (χ0) is 28.7. The number of anilines is 1. The molecule has 1 N–H and O–H groups in total. The molecular formula is C31H36ClN3O4S. The van der Waals surface area contributed by atoms with Crippen molar-refractivity contribution >= 4 is 39.1 Å². The molecule has 40 heavy (non-hydrogen) atoms. The molecule has 0 aromatic heterocycles. The van der Waals surface area contributed by atoms with E-state index >= 15 is 0 Å². The number of carbonyl (C=O) groups is 2. The molecule has 1 atom stereocenters. The number of nitrogens with zero attached hydrogens (tertiary/aromatic N) is 2. The summed E-state index contributed by atoms with van der Waals surface area (Å²) in [6, 6.07) is 22.8. The van der Waals surface area contributed by atoms with Gasteiger partial charge in [0.1, 0.15) is 12.6 Å². The van der Waals surface area contributed by atoms with E-state index in [4.69, 9.17) is 11.6 Å². The van der Waals surface area contributed by atoms with E-state index in [1.54, 1.807) is 36.4 Å². The lowest BCUT2D eigenvalue weighted by atomic mass is 10.0. The fourth-order valence-electron chi connectivity index (χ4n) is 5.06. The minimum absolute atomic E-state index is 0.0552. The van der Waals surface area contributed by atoms with Crippen molar-refractivity contribution in [2.75, 3.05) is 17.1 Å².